The molecule has 3 N–H and O–H groups in total. The summed E-state index contributed by atoms with van der Waals surface area (Å²) in [5.41, 5.74) is 0.894. The minimum atomic E-state index is -3.21. The number of sulfonamides is 1. The van der Waals surface area contributed by atoms with Crippen LogP contribution in [-0.4, -0.2) is 44.3 Å². The van der Waals surface area contributed by atoms with Crippen LogP contribution in [0.15, 0.2) is 0 Å². The molecule has 1 aromatic rings. The third-order valence-corrected chi connectivity index (χ3v) is 4.19. The molecule has 1 rings (SSSR count). The summed E-state index contributed by atoms with van der Waals surface area (Å²) < 4.78 is 25.0. The molecule has 0 amide bonds. The van der Waals surface area contributed by atoms with Crippen molar-refractivity contribution in [2.75, 3.05) is 36.5 Å². The topological polar surface area (TPSA) is 96.0 Å². The first-order valence-corrected chi connectivity index (χ1v) is 8.35. The van der Waals surface area contributed by atoms with Crippen LogP contribution < -0.4 is 15.4 Å². The van der Waals surface area contributed by atoms with Crippen LogP contribution in [0.5, 0.6) is 0 Å². The summed E-state index contributed by atoms with van der Waals surface area (Å²) >= 11 is 0. The molecule has 0 aliphatic rings. The molecule has 8 heteroatoms. The first-order valence-electron chi connectivity index (χ1n) is 6.70. The van der Waals surface area contributed by atoms with E-state index in [1.165, 1.54) is 7.05 Å². The van der Waals surface area contributed by atoms with Gasteiger partial charge in [0.2, 0.25) is 10.0 Å². The van der Waals surface area contributed by atoms with Gasteiger partial charge in [-0.25, -0.2) is 23.1 Å². The van der Waals surface area contributed by atoms with Crippen LogP contribution in [0.4, 0.5) is 11.6 Å². The van der Waals surface area contributed by atoms with Gasteiger partial charge in [0.25, 0.3) is 0 Å². The van der Waals surface area contributed by atoms with E-state index in [4.69, 9.17) is 0 Å². The summed E-state index contributed by atoms with van der Waals surface area (Å²) in [5.74, 6) is 2.20. The van der Waals surface area contributed by atoms with E-state index in [-0.39, 0.29) is 5.75 Å². The molecule has 7 nitrogen and oxygen atoms in total. The Bertz CT molecular complexity index is 545. The van der Waals surface area contributed by atoms with E-state index in [1.807, 2.05) is 20.8 Å². The minimum absolute atomic E-state index is 0.00490. The highest BCUT2D eigenvalue weighted by atomic mass is 32.2. The Hall–Kier alpha value is -1.41. The fraction of sp³-hybridized carbons (Fsp3) is 0.667. The largest absolute Gasteiger partial charge is 0.370 e. The fourth-order valence-corrected chi connectivity index (χ4v) is 2.21. The first kappa shape index (κ1) is 16.6. The van der Waals surface area contributed by atoms with Crippen molar-refractivity contribution in [2.24, 2.45) is 0 Å². The van der Waals surface area contributed by atoms with Crippen LogP contribution in [0, 0.1) is 6.92 Å². The molecule has 0 aliphatic heterocycles. The molecular weight excluding hydrogens is 278 g/mol. The van der Waals surface area contributed by atoms with E-state index in [0.29, 0.717) is 12.4 Å². The summed E-state index contributed by atoms with van der Waals surface area (Å²) in [6.45, 7) is 6.96. The van der Waals surface area contributed by atoms with Gasteiger partial charge in [-0.2, -0.15) is 0 Å². The summed E-state index contributed by atoms with van der Waals surface area (Å²) in [7, 11) is -1.80. The van der Waals surface area contributed by atoms with Crippen molar-refractivity contribution in [3.8, 4) is 0 Å². The number of nitrogens with zero attached hydrogens (tertiary/aromatic N) is 2. The van der Waals surface area contributed by atoms with E-state index in [2.05, 4.69) is 25.3 Å². The Kier molecular flexibility index (Phi) is 6.15. The highest BCUT2D eigenvalue weighted by Crippen LogP contribution is 2.19. The highest BCUT2D eigenvalue weighted by molar-refractivity contribution is 7.89. The Morgan fingerprint density at radius 3 is 2.20 bits per heavy atom. The fourth-order valence-electron chi connectivity index (χ4n) is 1.64. The monoisotopic (exact) mass is 301 g/mol. The van der Waals surface area contributed by atoms with Crippen molar-refractivity contribution >= 4 is 21.7 Å². The highest BCUT2D eigenvalue weighted by Gasteiger charge is 2.11. The lowest BCUT2D eigenvalue weighted by atomic mass is 10.3. The van der Waals surface area contributed by atoms with E-state index in [9.17, 15) is 8.42 Å². The molecule has 1 heterocycles. The molecule has 0 fully saturated rings. The molecule has 0 radical (unpaired) electrons. The van der Waals surface area contributed by atoms with E-state index in [0.717, 1.165) is 30.2 Å². The van der Waals surface area contributed by atoms with E-state index >= 15 is 0 Å². The maximum Gasteiger partial charge on any atom is 0.213 e. The second-order valence-electron chi connectivity index (χ2n) is 4.30. The van der Waals surface area contributed by atoms with Crippen molar-refractivity contribution in [3.63, 3.8) is 0 Å². The number of rotatable bonds is 8. The van der Waals surface area contributed by atoms with Crippen molar-refractivity contribution in [1.29, 1.82) is 0 Å². The Morgan fingerprint density at radius 1 is 1.10 bits per heavy atom. The van der Waals surface area contributed by atoms with Crippen molar-refractivity contribution < 1.29 is 8.42 Å². The van der Waals surface area contributed by atoms with Crippen LogP contribution in [0.3, 0.4) is 0 Å². The third kappa shape index (κ3) is 4.61. The summed E-state index contributed by atoms with van der Waals surface area (Å²) in [5, 5.41) is 6.25. The zero-order valence-corrected chi connectivity index (χ0v) is 13.3. The molecule has 0 aliphatic carbocycles. The average molecular weight is 301 g/mol. The van der Waals surface area contributed by atoms with Crippen LogP contribution in [0.2, 0.25) is 0 Å². The number of nitrogens with one attached hydrogen (secondary N) is 3. The first-order chi connectivity index (χ1) is 9.43. The van der Waals surface area contributed by atoms with Crippen molar-refractivity contribution in [2.45, 2.75) is 27.2 Å². The second kappa shape index (κ2) is 7.39. The van der Waals surface area contributed by atoms with Gasteiger partial charge in [-0.05, 0) is 20.9 Å². The van der Waals surface area contributed by atoms with Crippen molar-refractivity contribution in [3.05, 3.63) is 11.4 Å². The lowest BCUT2D eigenvalue weighted by molar-refractivity contribution is 0.588. The molecule has 0 aromatic carbocycles. The molecule has 20 heavy (non-hydrogen) atoms. The summed E-state index contributed by atoms with van der Waals surface area (Å²) in [6.07, 6.45) is 0.724. The molecule has 0 atom stereocenters. The van der Waals surface area contributed by atoms with Gasteiger partial charge in [0.15, 0.2) is 0 Å². The predicted octanol–water partition coefficient (Wildman–Crippen LogP) is 0.740. The minimum Gasteiger partial charge on any atom is -0.370 e. The number of aromatic nitrogens is 2. The molecule has 0 saturated heterocycles. The lowest BCUT2D eigenvalue weighted by Gasteiger charge is -2.14. The van der Waals surface area contributed by atoms with Gasteiger partial charge in [-0.15, -0.1) is 0 Å². The van der Waals surface area contributed by atoms with Crippen LogP contribution in [-0.2, 0) is 16.4 Å². The van der Waals surface area contributed by atoms with Gasteiger partial charge in [0, 0.05) is 25.1 Å². The molecule has 0 saturated carbocycles. The third-order valence-electron chi connectivity index (χ3n) is 2.83. The van der Waals surface area contributed by atoms with Gasteiger partial charge in [0.05, 0.1) is 5.75 Å². The molecule has 1 aromatic heterocycles. The molecule has 0 unspecified atom stereocenters. The lowest BCUT2D eigenvalue weighted by Crippen LogP contribution is -2.26. The van der Waals surface area contributed by atoms with Gasteiger partial charge in [0.1, 0.15) is 17.5 Å². The molecule has 0 bridgehead atoms. The van der Waals surface area contributed by atoms with Gasteiger partial charge >= 0.3 is 0 Å². The number of hydrogen-bond acceptors (Lipinski definition) is 6. The van der Waals surface area contributed by atoms with Crippen LogP contribution >= 0.6 is 0 Å². The Balaban J connectivity index is 2.85. The predicted molar refractivity (Wildman–Crippen MR) is 81.6 cm³/mol. The molecule has 0 spiro atoms. The van der Waals surface area contributed by atoms with E-state index < -0.39 is 10.0 Å². The molecule has 114 valence electrons. The maximum absolute atomic E-state index is 11.4. The normalized spacial score (nSPS) is 11.4. The second-order valence-corrected chi connectivity index (χ2v) is 6.34. The zero-order valence-electron chi connectivity index (χ0n) is 12.4. The maximum atomic E-state index is 11.4. The van der Waals surface area contributed by atoms with Gasteiger partial charge in [-0.3, -0.25) is 0 Å². The smallest absolute Gasteiger partial charge is 0.213 e. The number of hydrogen-bond donors (Lipinski definition) is 3. The molecular formula is C12H23N5O2S. The summed E-state index contributed by atoms with van der Waals surface area (Å²) in [4.78, 5) is 8.82. The zero-order chi connectivity index (χ0) is 15.2. The van der Waals surface area contributed by atoms with Gasteiger partial charge < -0.3 is 10.6 Å². The average Bonchev–Trinajstić information content (AvgIpc) is 2.42. The Morgan fingerprint density at radius 2 is 1.70 bits per heavy atom. The van der Waals surface area contributed by atoms with Gasteiger partial charge in [-0.1, -0.05) is 6.92 Å². The van der Waals surface area contributed by atoms with Crippen LogP contribution in [0.1, 0.15) is 25.2 Å². The van der Waals surface area contributed by atoms with E-state index in [1.54, 1.807) is 0 Å². The quantitative estimate of drug-likeness (QED) is 0.655. The summed E-state index contributed by atoms with van der Waals surface area (Å²) in [6, 6.07) is 0. The standard InChI is InChI=1S/C12H23N5O2S/c1-5-10-16-11(14-6-2)9(3)12(17-10)15-7-8-20(18,19)13-4/h13H,5-8H2,1-4H3,(H2,14,15,16,17). The van der Waals surface area contributed by atoms with Crippen molar-refractivity contribution in [1.82, 2.24) is 14.7 Å². The number of anilines is 2. The number of aryl methyl sites for hydroxylation is 1. The van der Waals surface area contributed by atoms with Crippen LogP contribution in [0.25, 0.3) is 0 Å². The SMILES string of the molecule is CCNc1nc(CC)nc(NCCS(=O)(=O)NC)c1C. The Labute approximate surface area is 120 Å².